The molecule has 1 saturated heterocycles. The first-order valence-electron chi connectivity index (χ1n) is 4.57. The number of tetrazole rings is 1. The van der Waals surface area contributed by atoms with Crippen LogP contribution in [-0.2, 0) is 6.54 Å². The molecular weight excluding hydrogens is 218 g/mol. The van der Waals surface area contributed by atoms with Crippen LogP contribution in [-0.4, -0.2) is 44.0 Å². The fourth-order valence-electron chi connectivity index (χ4n) is 1.36. The lowest BCUT2D eigenvalue weighted by atomic mass is 10.4. The van der Waals surface area contributed by atoms with Crippen molar-refractivity contribution in [3.05, 3.63) is 5.82 Å². The minimum atomic E-state index is 0.440. The predicted molar refractivity (Wildman–Crippen MR) is 59.4 cm³/mol. The van der Waals surface area contributed by atoms with Crippen LogP contribution in [0.3, 0.4) is 0 Å². The molecule has 1 aromatic rings. The quantitative estimate of drug-likeness (QED) is 0.799. The van der Waals surface area contributed by atoms with Crippen LogP contribution in [0.5, 0.6) is 0 Å². The Balaban J connectivity index is 2.09. The van der Waals surface area contributed by atoms with Crippen molar-refractivity contribution in [3.8, 4) is 0 Å². The lowest BCUT2D eigenvalue weighted by molar-refractivity contribution is 0.574. The SMILES string of the molecule is NCCn1nnnc1C1CSCCS1. The van der Waals surface area contributed by atoms with Gasteiger partial charge in [-0.05, 0) is 10.4 Å². The van der Waals surface area contributed by atoms with Gasteiger partial charge in [0.05, 0.1) is 11.8 Å². The number of thioether (sulfide) groups is 2. The fraction of sp³-hybridized carbons (Fsp3) is 0.857. The first-order valence-corrected chi connectivity index (χ1v) is 6.77. The normalized spacial score (nSPS) is 22.5. The molecular formula is C7H13N5S2. The van der Waals surface area contributed by atoms with Gasteiger partial charge < -0.3 is 5.73 Å². The lowest BCUT2D eigenvalue weighted by Crippen LogP contribution is -2.18. The predicted octanol–water partition coefficient (Wildman–Crippen LogP) is 0.153. The highest BCUT2D eigenvalue weighted by Crippen LogP contribution is 2.35. The molecule has 0 saturated carbocycles. The maximum absolute atomic E-state index is 5.49. The monoisotopic (exact) mass is 231 g/mol. The summed E-state index contributed by atoms with van der Waals surface area (Å²) in [6, 6.07) is 0. The third kappa shape index (κ3) is 2.21. The smallest absolute Gasteiger partial charge is 0.165 e. The Morgan fingerprint density at radius 3 is 3.14 bits per heavy atom. The maximum atomic E-state index is 5.49. The number of aromatic nitrogens is 4. The van der Waals surface area contributed by atoms with Crippen molar-refractivity contribution in [2.45, 2.75) is 11.8 Å². The second-order valence-electron chi connectivity index (χ2n) is 2.98. The summed E-state index contributed by atoms with van der Waals surface area (Å²) >= 11 is 3.90. The average molecular weight is 231 g/mol. The van der Waals surface area contributed by atoms with Crippen molar-refractivity contribution in [2.75, 3.05) is 23.8 Å². The molecule has 0 aliphatic carbocycles. The highest BCUT2D eigenvalue weighted by Gasteiger charge is 2.22. The third-order valence-electron chi connectivity index (χ3n) is 2.00. The van der Waals surface area contributed by atoms with Gasteiger partial charge in [-0.15, -0.1) is 16.9 Å². The number of nitrogens with zero attached hydrogens (tertiary/aromatic N) is 4. The van der Waals surface area contributed by atoms with Crippen molar-refractivity contribution in [3.63, 3.8) is 0 Å². The molecule has 1 unspecified atom stereocenters. The molecule has 1 fully saturated rings. The molecule has 14 heavy (non-hydrogen) atoms. The standard InChI is InChI=1S/C7H13N5S2/c8-1-2-12-7(9-10-11-12)6-5-13-3-4-14-6/h6H,1-5,8H2. The molecule has 1 aliphatic rings. The summed E-state index contributed by atoms with van der Waals surface area (Å²) < 4.78 is 1.82. The fourth-order valence-corrected chi connectivity index (χ4v) is 4.02. The molecule has 1 aliphatic heterocycles. The van der Waals surface area contributed by atoms with E-state index in [4.69, 9.17) is 5.73 Å². The van der Waals surface area contributed by atoms with Gasteiger partial charge in [0.1, 0.15) is 0 Å². The van der Waals surface area contributed by atoms with Crippen LogP contribution in [0.15, 0.2) is 0 Å². The Morgan fingerprint density at radius 1 is 1.50 bits per heavy atom. The van der Waals surface area contributed by atoms with E-state index in [1.54, 1.807) is 0 Å². The zero-order chi connectivity index (χ0) is 9.80. The van der Waals surface area contributed by atoms with Gasteiger partial charge in [0.15, 0.2) is 5.82 Å². The number of hydrogen-bond acceptors (Lipinski definition) is 6. The minimum absolute atomic E-state index is 0.440. The van der Waals surface area contributed by atoms with E-state index in [0.717, 1.165) is 11.6 Å². The first-order chi connectivity index (χ1) is 6.92. The van der Waals surface area contributed by atoms with Crippen LogP contribution in [0.4, 0.5) is 0 Å². The van der Waals surface area contributed by atoms with E-state index < -0.39 is 0 Å². The third-order valence-corrected chi connectivity index (χ3v) is 4.76. The van der Waals surface area contributed by atoms with E-state index >= 15 is 0 Å². The summed E-state index contributed by atoms with van der Waals surface area (Å²) in [6.45, 7) is 1.30. The highest BCUT2D eigenvalue weighted by atomic mass is 32.2. The summed E-state index contributed by atoms with van der Waals surface area (Å²) in [4.78, 5) is 0. The first kappa shape index (κ1) is 10.3. The van der Waals surface area contributed by atoms with E-state index in [0.29, 0.717) is 18.3 Å². The van der Waals surface area contributed by atoms with Crippen LogP contribution in [0.2, 0.25) is 0 Å². The Kier molecular flexibility index (Phi) is 3.66. The van der Waals surface area contributed by atoms with Crippen LogP contribution in [0.1, 0.15) is 11.1 Å². The van der Waals surface area contributed by atoms with E-state index in [1.807, 2.05) is 28.2 Å². The van der Waals surface area contributed by atoms with Gasteiger partial charge >= 0.3 is 0 Å². The molecule has 2 heterocycles. The van der Waals surface area contributed by atoms with E-state index in [-0.39, 0.29) is 0 Å². The van der Waals surface area contributed by atoms with Crippen LogP contribution >= 0.6 is 23.5 Å². The van der Waals surface area contributed by atoms with Gasteiger partial charge in [-0.2, -0.15) is 11.8 Å². The maximum Gasteiger partial charge on any atom is 0.165 e. The Labute approximate surface area is 91.2 Å². The van der Waals surface area contributed by atoms with Gasteiger partial charge in [0.2, 0.25) is 0 Å². The summed E-state index contributed by atoms with van der Waals surface area (Å²) in [5.41, 5.74) is 5.49. The van der Waals surface area contributed by atoms with Crippen LogP contribution in [0, 0.1) is 0 Å². The molecule has 0 bridgehead atoms. The second-order valence-corrected chi connectivity index (χ2v) is 5.44. The number of rotatable bonds is 3. The Morgan fingerprint density at radius 2 is 2.43 bits per heavy atom. The number of hydrogen-bond donors (Lipinski definition) is 1. The summed E-state index contributed by atoms with van der Waals surface area (Å²) in [6.07, 6.45) is 0. The van der Waals surface area contributed by atoms with Crippen molar-refractivity contribution >= 4 is 23.5 Å². The van der Waals surface area contributed by atoms with E-state index in [2.05, 4.69) is 15.5 Å². The van der Waals surface area contributed by atoms with E-state index in [1.165, 1.54) is 11.5 Å². The van der Waals surface area contributed by atoms with Crippen LogP contribution in [0.25, 0.3) is 0 Å². The largest absolute Gasteiger partial charge is 0.329 e. The molecule has 0 aromatic carbocycles. The topological polar surface area (TPSA) is 69.6 Å². The molecule has 2 rings (SSSR count). The van der Waals surface area contributed by atoms with E-state index in [9.17, 15) is 0 Å². The van der Waals surface area contributed by atoms with Gasteiger partial charge in [0, 0.05) is 23.8 Å². The van der Waals surface area contributed by atoms with Gasteiger partial charge in [-0.1, -0.05) is 0 Å². The van der Waals surface area contributed by atoms with Crippen molar-refractivity contribution < 1.29 is 0 Å². The van der Waals surface area contributed by atoms with Crippen molar-refractivity contribution in [1.82, 2.24) is 20.2 Å². The zero-order valence-corrected chi connectivity index (χ0v) is 9.43. The Hall–Kier alpha value is -0.270. The second kappa shape index (κ2) is 4.99. The summed E-state index contributed by atoms with van der Waals surface area (Å²) in [5, 5.41) is 12.1. The summed E-state index contributed by atoms with van der Waals surface area (Å²) in [7, 11) is 0. The van der Waals surface area contributed by atoms with Gasteiger partial charge in [-0.3, -0.25) is 0 Å². The van der Waals surface area contributed by atoms with Gasteiger partial charge in [0.25, 0.3) is 0 Å². The molecule has 0 radical (unpaired) electrons. The Bertz CT molecular complexity index is 283. The zero-order valence-electron chi connectivity index (χ0n) is 7.80. The molecule has 0 amide bonds. The lowest BCUT2D eigenvalue weighted by Gasteiger charge is -2.19. The minimum Gasteiger partial charge on any atom is -0.329 e. The van der Waals surface area contributed by atoms with Crippen LogP contribution < -0.4 is 5.73 Å². The molecule has 1 aromatic heterocycles. The molecule has 0 spiro atoms. The number of nitrogens with two attached hydrogens (primary N) is 1. The molecule has 7 heteroatoms. The molecule has 1 atom stereocenters. The average Bonchev–Trinajstić information content (AvgIpc) is 2.68. The van der Waals surface area contributed by atoms with Crippen molar-refractivity contribution in [1.29, 1.82) is 0 Å². The molecule has 2 N–H and O–H groups in total. The molecule has 78 valence electrons. The van der Waals surface area contributed by atoms with Crippen molar-refractivity contribution in [2.24, 2.45) is 5.73 Å². The summed E-state index contributed by atoms with van der Waals surface area (Å²) in [5.74, 6) is 4.51. The van der Waals surface area contributed by atoms with Gasteiger partial charge in [-0.25, -0.2) is 4.68 Å². The molecule has 5 nitrogen and oxygen atoms in total. The highest BCUT2D eigenvalue weighted by molar-refractivity contribution is 8.06.